The Bertz CT molecular complexity index is 999. The summed E-state index contributed by atoms with van der Waals surface area (Å²) in [7, 11) is 0. The molecule has 1 fully saturated rings. The number of hydrogen-bond acceptors (Lipinski definition) is 4. The minimum absolute atomic E-state index is 0.00308. The smallest absolute Gasteiger partial charge is 0.407 e. The molecule has 2 amide bonds. The van der Waals surface area contributed by atoms with Crippen molar-refractivity contribution >= 4 is 18.0 Å². The minimum atomic E-state index is -1.14. The fourth-order valence-corrected chi connectivity index (χ4v) is 4.28. The van der Waals surface area contributed by atoms with E-state index in [4.69, 9.17) is 4.74 Å². The number of carboxylic acids is 1. The number of fused-ring (bicyclic) bond motifs is 3. The highest BCUT2D eigenvalue weighted by molar-refractivity contribution is 5.90. The maximum Gasteiger partial charge on any atom is 0.407 e. The van der Waals surface area contributed by atoms with Gasteiger partial charge in [-0.05, 0) is 41.0 Å². The summed E-state index contributed by atoms with van der Waals surface area (Å²) in [5, 5.41) is 14.6. The lowest BCUT2D eigenvalue weighted by Gasteiger charge is -2.23. The van der Waals surface area contributed by atoms with Crippen LogP contribution in [-0.2, 0) is 14.3 Å². The van der Waals surface area contributed by atoms with E-state index in [9.17, 15) is 19.5 Å². The number of benzene rings is 2. The van der Waals surface area contributed by atoms with Gasteiger partial charge in [-0.15, -0.1) is 0 Å². The number of nitrogens with one attached hydrogen (secondary N) is 2. The molecule has 3 N–H and O–H groups in total. The lowest BCUT2D eigenvalue weighted by Crippen LogP contribution is -2.47. The van der Waals surface area contributed by atoms with Gasteiger partial charge in [-0.25, -0.2) is 9.59 Å². The Balaban J connectivity index is 1.36. The molecule has 7 nitrogen and oxygen atoms in total. The number of amides is 2. The average molecular weight is 437 g/mol. The van der Waals surface area contributed by atoms with Crippen LogP contribution >= 0.6 is 0 Å². The third-order valence-corrected chi connectivity index (χ3v) is 6.40. The normalized spacial score (nSPS) is 16.6. The zero-order valence-electron chi connectivity index (χ0n) is 18.3. The summed E-state index contributed by atoms with van der Waals surface area (Å²) in [4.78, 5) is 36.2. The summed E-state index contributed by atoms with van der Waals surface area (Å²) < 4.78 is 5.58. The van der Waals surface area contributed by atoms with Gasteiger partial charge in [-0.2, -0.15) is 0 Å². The van der Waals surface area contributed by atoms with Crippen LogP contribution in [0.25, 0.3) is 11.1 Å². The highest BCUT2D eigenvalue weighted by atomic mass is 16.5. The van der Waals surface area contributed by atoms with Crippen LogP contribution in [0.3, 0.4) is 0 Å². The molecule has 0 aromatic heterocycles. The van der Waals surface area contributed by atoms with E-state index in [0.717, 1.165) is 22.3 Å². The zero-order chi connectivity index (χ0) is 22.9. The predicted octanol–water partition coefficient (Wildman–Crippen LogP) is 3.67. The van der Waals surface area contributed by atoms with Crippen molar-refractivity contribution in [2.45, 2.75) is 50.6 Å². The number of aliphatic carboxylic acids is 1. The number of ether oxygens (including phenoxy) is 1. The second kappa shape index (κ2) is 8.65. The predicted molar refractivity (Wildman–Crippen MR) is 119 cm³/mol. The van der Waals surface area contributed by atoms with Gasteiger partial charge in [0, 0.05) is 18.4 Å². The molecule has 0 aliphatic heterocycles. The number of carbonyl (C=O) groups excluding carboxylic acids is 2. The third-order valence-electron chi connectivity index (χ3n) is 6.40. The first-order valence-electron chi connectivity index (χ1n) is 11.0. The lowest BCUT2D eigenvalue weighted by molar-refractivity contribution is -0.143. The second-order valence-corrected chi connectivity index (χ2v) is 8.96. The van der Waals surface area contributed by atoms with Crippen molar-refractivity contribution in [3.8, 4) is 11.1 Å². The van der Waals surface area contributed by atoms with Crippen LogP contribution in [0.5, 0.6) is 0 Å². The average Bonchev–Trinajstić information content (AvgIpc) is 3.48. The van der Waals surface area contributed by atoms with Crippen LogP contribution < -0.4 is 10.6 Å². The van der Waals surface area contributed by atoms with E-state index in [1.165, 1.54) is 0 Å². The maximum atomic E-state index is 12.6. The van der Waals surface area contributed by atoms with Gasteiger partial charge >= 0.3 is 12.1 Å². The Morgan fingerprint density at radius 3 is 2.09 bits per heavy atom. The Labute approximate surface area is 187 Å². The van der Waals surface area contributed by atoms with Gasteiger partial charge in [-0.3, -0.25) is 4.79 Å². The zero-order valence-corrected chi connectivity index (χ0v) is 18.3. The number of alkyl carbamates (subject to hydrolysis) is 1. The molecule has 2 aromatic carbocycles. The summed E-state index contributed by atoms with van der Waals surface area (Å²) in [6.07, 6.45) is 0.273. The molecule has 2 aromatic rings. The van der Waals surface area contributed by atoms with Crippen molar-refractivity contribution < 1.29 is 24.2 Å². The Morgan fingerprint density at radius 2 is 1.59 bits per heavy atom. The van der Waals surface area contributed by atoms with Crippen molar-refractivity contribution in [2.75, 3.05) is 6.61 Å². The summed E-state index contributed by atoms with van der Waals surface area (Å²) in [6.45, 7) is 3.98. The van der Waals surface area contributed by atoms with E-state index in [0.29, 0.717) is 12.8 Å². The number of rotatable bonds is 8. The van der Waals surface area contributed by atoms with Crippen LogP contribution in [0.15, 0.2) is 48.5 Å². The standard InChI is InChI=1S/C25H28N2O5/c1-15(2)21(13-22(28)27-25(11-12-25)23(29)30)26-24(31)32-14-20-18-9-5-3-7-16(18)17-8-4-6-10-19(17)20/h3-10,15,20-21H,11-14H2,1-2H3,(H,26,31)(H,27,28)(H,29,30). The molecular weight excluding hydrogens is 408 g/mol. The van der Waals surface area contributed by atoms with E-state index in [1.54, 1.807) is 0 Å². The molecule has 1 saturated carbocycles. The van der Waals surface area contributed by atoms with E-state index in [-0.39, 0.29) is 30.8 Å². The molecule has 2 aliphatic carbocycles. The summed E-state index contributed by atoms with van der Waals surface area (Å²) in [6, 6.07) is 15.8. The molecule has 0 bridgehead atoms. The highest BCUT2D eigenvalue weighted by Crippen LogP contribution is 2.44. The van der Waals surface area contributed by atoms with E-state index in [2.05, 4.69) is 34.9 Å². The molecule has 0 spiro atoms. The van der Waals surface area contributed by atoms with Gasteiger partial charge in [0.2, 0.25) is 5.91 Å². The van der Waals surface area contributed by atoms with Crippen LogP contribution in [0.4, 0.5) is 4.79 Å². The van der Waals surface area contributed by atoms with Crippen LogP contribution in [0, 0.1) is 5.92 Å². The van der Waals surface area contributed by atoms with Crippen molar-refractivity contribution in [2.24, 2.45) is 5.92 Å². The van der Waals surface area contributed by atoms with Crippen molar-refractivity contribution in [1.29, 1.82) is 0 Å². The Hall–Kier alpha value is -3.35. The van der Waals surface area contributed by atoms with Gasteiger partial charge in [0.25, 0.3) is 0 Å². The Kier molecular flexibility index (Phi) is 5.91. The maximum absolute atomic E-state index is 12.6. The number of carboxylic acid groups (broad SMARTS) is 1. The van der Waals surface area contributed by atoms with Crippen molar-refractivity contribution in [3.63, 3.8) is 0 Å². The van der Waals surface area contributed by atoms with Crippen LogP contribution in [0.2, 0.25) is 0 Å². The fraction of sp³-hybridized carbons (Fsp3) is 0.400. The molecule has 2 aliphatic rings. The van der Waals surface area contributed by atoms with E-state index in [1.807, 2.05) is 38.1 Å². The first-order valence-corrected chi connectivity index (χ1v) is 11.0. The van der Waals surface area contributed by atoms with Crippen molar-refractivity contribution in [3.05, 3.63) is 59.7 Å². The van der Waals surface area contributed by atoms with Gasteiger partial charge in [-0.1, -0.05) is 62.4 Å². The van der Waals surface area contributed by atoms with E-state index < -0.39 is 23.6 Å². The van der Waals surface area contributed by atoms with Gasteiger partial charge < -0.3 is 20.5 Å². The topological polar surface area (TPSA) is 105 Å². The molecule has 7 heteroatoms. The second-order valence-electron chi connectivity index (χ2n) is 8.96. The first kappa shape index (κ1) is 21.9. The highest BCUT2D eigenvalue weighted by Gasteiger charge is 2.51. The summed E-state index contributed by atoms with van der Waals surface area (Å²) in [5.74, 6) is -1.47. The molecule has 4 rings (SSSR count). The molecule has 0 radical (unpaired) electrons. The summed E-state index contributed by atoms with van der Waals surface area (Å²) in [5.41, 5.74) is 3.43. The SMILES string of the molecule is CC(C)C(CC(=O)NC1(C(=O)O)CC1)NC(=O)OCC1c2ccccc2-c2ccccc21. The quantitative estimate of drug-likeness (QED) is 0.586. The monoisotopic (exact) mass is 436 g/mol. The Morgan fingerprint density at radius 1 is 1.03 bits per heavy atom. The van der Waals surface area contributed by atoms with Crippen molar-refractivity contribution in [1.82, 2.24) is 10.6 Å². The van der Waals surface area contributed by atoms with Gasteiger partial charge in [0.05, 0.1) is 0 Å². The molecule has 168 valence electrons. The first-order chi connectivity index (χ1) is 15.3. The molecule has 1 atom stereocenters. The summed E-state index contributed by atoms with van der Waals surface area (Å²) >= 11 is 0. The fourth-order valence-electron chi connectivity index (χ4n) is 4.28. The lowest BCUT2D eigenvalue weighted by atomic mass is 9.98. The molecule has 0 heterocycles. The van der Waals surface area contributed by atoms with Gasteiger partial charge in [0.15, 0.2) is 0 Å². The van der Waals surface area contributed by atoms with Crippen LogP contribution in [-0.4, -0.2) is 41.3 Å². The third kappa shape index (κ3) is 4.33. The van der Waals surface area contributed by atoms with Crippen LogP contribution in [0.1, 0.15) is 50.2 Å². The number of carbonyl (C=O) groups is 3. The minimum Gasteiger partial charge on any atom is -0.480 e. The molecule has 0 saturated heterocycles. The molecular formula is C25H28N2O5. The van der Waals surface area contributed by atoms with E-state index >= 15 is 0 Å². The molecule has 1 unspecified atom stereocenters. The molecule has 32 heavy (non-hydrogen) atoms. The van der Waals surface area contributed by atoms with Gasteiger partial charge in [0.1, 0.15) is 12.1 Å². The number of hydrogen-bond donors (Lipinski definition) is 3. The largest absolute Gasteiger partial charge is 0.480 e.